The zero-order valence-electron chi connectivity index (χ0n) is 10.9. The maximum absolute atomic E-state index is 5.33. The smallest absolute Gasteiger partial charge is 0.121 e. The Morgan fingerprint density at radius 1 is 1.47 bits per heavy atom. The van der Waals surface area contributed by atoms with Crippen LogP contribution in [-0.4, -0.2) is 13.7 Å². The molecule has 0 saturated heterocycles. The Morgan fingerprint density at radius 2 is 2.24 bits per heavy atom. The third-order valence-corrected chi connectivity index (χ3v) is 2.85. The number of hydrogen-bond donors (Lipinski definition) is 1. The van der Waals surface area contributed by atoms with Crippen LogP contribution < -0.4 is 10.1 Å². The Labute approximate surface area is 104 Å². The van der Waals surface area contributed by atoms with Gasteiger partial charge in [-0.15, -0.1) is 12.3 Å². The average molecular weight is 231 g/mol. The van der Waals surface area contributed by atoms with Gasteiger partial charge >= 0.3 is 0 Å². The van der Waals surface area contributed by atoms with Crippen molar-refractivity contribution in [1.82, 2.24) is 5.32 Å². The first-order valence-corrected chi connectivity index (χ1v) is 6.04. The number of terminal acetylenes is 1. The van der Waals surface area contributed by atoms with E-state index in [-0.39, 0.29) is 0 Å². The Morgan fingerprint density at radius 3 is 2.76 bits per heavy atom. The van der Waals surface area contributed by atoms with E-state index in [1.165, 1.54) is 5.56 Å². The molecule has 1 unspecified atom stereocenters. The first-order valence-electron chi connectivity index (χ1n) is 6.04. The van der Waals surface area contributed by atoms with Gasteiger partial charge in [-0.1, -0.05) is 19.1 Å². The molecule has 0 aliphatic heterocycles. The maximum atomic E-state index is 5.33. The molecule has 1 rings (SSSR count). The van der Waals surface area contributed by atoms with Crippen LogP contribution in [0.4, 0.5) is 0 Å². The number of ether oxygens (including phenoxy) is 1. The summed E-state index contributed by atoms with van der Waals surface area (Å²) in [6, 6.07) is 6.63. The number of aryl methyl sites for hydroxylation is 1. The highest BCUT2D eigenvalue weighted by Gasteiger charge is 2.10. The van der Waals surface area contributed by atoms with Crippen molar-refractivity contribution in [3.05, 3.63) is 29.3 Å². The van der Waals surface area contributed by atoms with Crippen LogP contribution in [0.1, 0.15) is 36.9 Å². The molecule has 2 heteroatoms. The fraction of sp³-hybridized carbons (Fsp3) is 0.467. The molecule has 0 heterocycles. The van der Waals surface area contributed by atoms with Crippen LogP contribution >= 0.6 is 0 Å². The molecule has 0 bridgehead atoms. The molecule has 0 spiro atoms. The van der Waals surface area contributed by atoms with E-state index in [0.717, 1.165) is 30.7 Å². The van der Waals surface area contributed by atoms with Gasteiger partial charge in [-0.2, -0.15) is 0 Å². The average Bonchev–Trinajstić information content (AvgIpc) is 2.34. The lowest BCUT2D eigenvalue weighted by molar-refractivity contribution is 0.411. The summed E-state index contributed by atoms with van der Waals surface area (Å²) in [5, 5.41) is 3.46. The molecule has 2 nitrogen and oxygen atoms in total. The minimum Gasteiger partial charge on any atom is -0.496 e. The molecule has 0 amide bonds. The lowest BCUT2D eigenvalue weighted by atomic mass is 10.00. The molecule has 0 aliphatic rings. The van der Waals surface area contributed by atoms with Crippen LogP contribution in [0.5, 0.6) is 5.75 Å². The first-order chi connectivity index (χ1) is 8.22. The van der Waals surface area contributed by atoms with E-state index in [1.54, 1.807) is 7.11 Å². The van der Waals surface area contributed by atoms with Gasteiger partial charge in [-0.05, 0) is 37.1 Å². The molecule has 92 valence electrons. The monoisotopic (exact) mass is 231 g/mol. The standard InChI is InChI=1S/C15H21NO/c1-5-7-8-14(16-6-2)13-9-10-15(17-4)12(3)11-13/h1,9-11,14,16H,6-8H2,2-4H3. The Kier molecular flexibility index (Phi) is 5.59. The summed E-state index contributed by atoms with van der Waals surface area (Å²) >= 11 is 0. The minimum absolute atomic E-state index is 0.334. The van der Waals surface area contributed by atoms with Crippen LogP contribution in [0.15, 0.2) is 18.2 Å². The fourth-order valence-corrected chi connectivity index (χ4v) is 1.98. The van der Waals surface area contributed by atoms with Crippen molar-refractivity contribution >= 4 is 0 Å². The second-order valence-electron chi connectivity index (χ2n) is 4.08. The van der Waals surface area contributed by atoms with Gasteiger partial charge in [-0.3, -0.25) is 0 Å². The first kappa shape index (κ1) is 13.6. The van der Waals surface area contributed by atoms with E-state index in [0.29, 0.717) is 6.04 Å². The molecule has 0 fully saturated rings. The van der Waals surface area contributed by atoms with Crippen LogP contribution in [0.25, 0.3) is 0 Å². The SMILES string of the molecule is C#CCCC(NCC)c1ccc(OC)c(C)c1. The maximum Gasteiger partial charge on any atom is 0.121 e. The number of rotatable bonds is 6. The van der Waals surface area contributed by atoms with Gasteiger partial charge in [0.2, 0.25) is 0 Å². The van der Waals surface area contributed by atoms with Crippen LogP contribution in [0, 0.1) is 19.3 Å². The van der Waals surface area contributed by atoms with Gasteiger partial charge < -0.3 is 10.1 Å². The zero-order valence-corrected chi connectivity index (χ0v) is 10.9. The molecular weight excluding hydrogens is 210 g/mol. The summed E-state index contributed by atoms with van der Waals surface area (Å²) in [6.45, 7) is 5.12. The van der Waals surface area contributed by atoms with Crippen molar-refractivity contribution in [2.24, 2.45) is 0 Å². The summed E-state index contributed by atoms with van der Waals surface area (Å²) in [5.41, 5.74) is 2.44. The quantitative estimate of drug-likeness (QED) is 0.760. The van der Waals surface area contributed by atoms with E-state index in [9.17, 15) is 0 Å². The number of benzene rings is 1. The van der Waals surface area contributed by atoms with Crippen molar-refractivity contribution in [2.45, 2.75) is 32.7 Å². The molecular formula is C15H21NO. The summed E-state index contributed by atoms with van der Waals surface area (Å²) in [7, 11) is 1.70. The molecule has 0 saturated carbocycles. The van der Waals surface area contributed by atoms with Crippen molar-refractivity contribution < 1.29 is 4.74 Å². The van der Waals surface area contributed by atoms with Crippen LogP contribution in [0.3, 0.4) is 0 Å². The summed E-state index contributed by atoms with van der Waals surface area (Å²) in [4.78, 5) is 0. The van der Waals surface area contributed by atoms with E-state index < -0.39 is 0 Å². The second kappa shape index (κ2) is 6.98. The Bertz CT molecular complexity index is 392. The normalized spacial score (nSPS) is 11.9. The third kappa shape index (κ3) is 3.80. The highest BCUT2D eigenvalue weighted by atomic mass is 16.5. The molecule has 0 aromatic heterocycles. The predicted octanol–water partition coefficient (Wildman–Crippen LogP) is 3.07. The largest absolute Gasteiger partial charge is 0.496 e. The molecule has 0 aliphatic carbocycles. The fourth-order valence-electron chi connectivity index (χ4n) is 1.98. The van der Waals surface area contributed by atoms with Gasteiger partial charge in [-0.25, -0.2) is 0 Å². The van der Waals surface area contributed by atoms with Gasteiger partial charge in [0.25, 0.3) is 0 Å². The lowest BCUT2D eigenvalue weighted by Crippen LogP contribution is -2.20. The van der Waals surface area contributed by atoms with Gasteiger partial charge in [0.1, 0.15) is 5.75 Å². The van der Waals surface area contributed by atoms with E-state index in [2.05, 4.69) is 37.2 Å². The van der Waals surface area contributed by atoms with Gasteiger partial charge in [0, 0.05) is 12.5 Å². The Hall–Kier alpha value is -1.46. The molecule has 0 radical (unpaired) electrons. The van der Waals surface area contributed by atoms with Crippen molar-refractivity contribution in [2.75, 3.05) is 13.7 Å². The number of hydrogen-bond acceptors (Lipinski definition) is 2. The van der Waals surface area contributed by atoms with E-state index in [4.69, 9.17) is 11.2 Å². The third-order valence-electron chi connectivity index (χ3n) is 2.85. The van der Waals surface area contributed by atoms with E-state index in [1.807, 2.05) is 6.07 Å². The molecule has 1 aromatic rings. The molecule has 1 N–H and O–H groups in total. The van der Waals surface area contributed by atoms with Gasteiger partial charge in [0.15, 0.2) is 0 Å². The van der Waals surface area contributed by atoms with Crippen molar-refractivity contribution in [3.63, 3.8) is 0 Å². The highest BCUT2D eigenvalue weighted by Crippen LogP contribution is 2.24. The molecule has 17 heavy (non-hydrogen) atoms. The van der Waals surface area contributed by atoms with E-state index >= 15 is 0 Å². The minimum atomic E-state index is 0.334. The molecule has 1 atom stereocenters. The Balaban J connectivity index is 2.86. The van der Waals surface area contributed by atoms with Crippen LogP contribution in [0.2, 0.25) is 0 Å². The van der Waals surface area contributed by atoms with Crippen molar-refractivity contribution in [1.29, 1.82) is 0 Å². The number of nitrogens with one attached hydrogen (secondary N) is 1. The topological polar surface area (TPSA) is 21.3 Å². The summed E-state index contributed by atoms with van der Waals surface area (Å²) in [6.07, 6.45) is 7.09. The zero-order chi connectivity index (χ0) is 12.7. The van der Waals surface area contributed by atoms with Gasteiger partial charge in [0.05, 0.1) is 7.11 Å². The lowest BCUT2D eigenvalue weighted by Gasteiger charge is -2.18. The molecule has 1 aromatic carbocycles. The van der Waals surface area contributed by atoms with Crippen molar-refractivity contribution in [3.8, 4) is 18.1 Å². The summed E-state index contributed by atoms with van der Waals surface area (Å²) < 4.78 is 5.27. The highest BCUT2D eigenvalue weighted by molar-refractivity contribution is 5.37. The summed E-state index contributed by atoms with van der Waals surface area (Å²) in [5.74, 6) is 3.63. The second-order valence-corrected chi connectivity index (χ2v) is 4.08. The predicted molar refractivity (Wildman–Crippen MR) is 72.2 cm³/mol. The van der Waals surface area contributed by atoms with Crippen LogP contribution in [-0.2, 0) is 0 Å². The number of methoxy groups -OCH3 is 1.